The lowest BCUT2D eigenvalue weighted by Gasteiger charge is -2.10. The molecule has 0 bridgehead atoms. The number of amides is 1. The third-order valence-corrected chi connectivity index (χ3v) is 3.50. The molecule has 1 amide bonds. The van der Waals surface area contributed by atoms with Gasteiger partial charge >= 0.3 is 0 Å². The van der Waals surface area contributed by atoms with Gasteiger partial charge in [-0.2, -0.15) is 0 Å². The number of hydrazine groups is 1. The largest absolute Gasteiger partial charge is 0.504 e. The Balaban J connectivity index is 1.70. The molecule has 0 aliphatic carbocycles. The van der Waals surface area contributed by atoms with Gasteiger partial charge in [0.15, 0.2) is 11.5 Å². The topological polar surface area (TPSA) is 102 Å². The van der Waals surface area contributed by atoms with Gasteiger partial charge in [-0.15, -0.1) is 0 Å². The van der Waals surface area contributed by atoms with E-state index < -0.39 is 17.2 Å². The molecule has 0 saturated carbocycles. The zero-order valence-corrected chi connectivity index (χ0v) is 12.9. The van der Waals surface area contributed by atoms with Crippen LogP contribution in [0.2, 0.25) is 0 Å². The number of benzene rings is 2. The first kappa shape index (κ1) is 17.6. The van der Waals surface area contributed by atoms with Gasteiger partial charge in [-0.3, -0.25) is 10.2 Å². The molecule has 0 spiro atoms. The van der Waals surface area contributed by atoms with Crippen molar-refractivity contribution < 1.29 is 24.5 Å². The van der Waals surface area contributed by atoms with Gasteiger partial charge in [0.2, 0.25) is 11.7 Å². The second-order valence-corrected chi connectivity index (χ2v) is 5.32. The van der Waals surface area contributed by atoms with E-state index in [1.54, 1.807) is 12.1 Å². The molecule has 2 aromatic rings. The number of aryl methyl sites for hydroxylation is 1. The molecule has 0 atom stereocenters. The summed E-state index contributed by atoms with van der Waals surface area (Å²) >= 11 is 0. The highest BCUT2D eigenvalue weighted by Gasteiger charge is 2.10. The lowest BCUT2D eigenvalue weighted by Crippen LogP contribution is -2.36. The molecule has 0 heterocycles. The fourth-order valence-electron chi connectivity index (χ4n) is 2.16. The van der Waals surface area contributed by atoms with Gasteiger partial charge in [0.25, 0.3) is 0 Å². The highest BCUT2D eigenvalue weighted by molar-refractivity contribution is 5.75. The quantitative estimate of drug-likeness (QED) is 0.394. The van der Waals surface area contributed by atoms with Crippen LogP contribution < -0.4 is 10.9 Å². The number of carbonyl (C=O) groups excluding carboxylic acids is 1. The average molecular weight is 334 g/mol. The minimum atomic E-state index is -0.597. The minimum absolute atomic E-state index is 0.0867. The molecule has 128 valence electrons. The molecule has 2 rings (SSSR count). The highest BCUT2D eigenvalue weighted by atomic mass is 19.1. The Hall–Kier alpha value is -2.80. The van der Waals surface area contributed by atoms with E-state index in [1.165, 1.54) is 24.3 Å². The zero-order chi connectivity index (χ0) is 17.5. The van der Waals surface area contributed by atoms with Gasteiger partial charge in [0.05, 0.1) is 0 Å². The number of phenols is 3. The maximum Gasteiger partial charge on any atom is 0.234 e. The molecule has 0 saturated heterocycles. The Morgan fingerprint density at radius 2 is 1.71 bits per heavy atom. The van der Waals surface area contributed by atoms with Crippen molar-refractivity contribution in [3.05, 3.63) is 53.3 Å². The highest BCUT2D eigenvalue weighted by Crippen LogP contribution is 2.36. The maximum absolute atomic E-state index is 12.8. The second kappa shape index (κ2) is 8.16. The van der Waals surface area contributed by atoms with E-state index in [9.17, 15) is 24.5 Å². The van der Waals surface area contributed by atoms with Crippen molar-refractivity contribution in [1.82, 2.24) is 10.9 Å². The number of halogens is 1. The fraction of sp³-hybridized carbons (Fsp3) is 0.235. The first-order valence-corrected chi connectivity index (χ1v) is 7.46. The first-order valence-electron chi connectivity index (χ1n) is 7.46. The number of rotatable bonds is 7. The summed E-state index contributed by atoms with van der Waals surface area (Å²) < 4.78 is 12.8. The van der Waals surface area contributed by atoms with Crippen molar-refractivity contribution in [3.63, 3.8) is 0 Å². The van der Waals surface area contributed by atoms with Crippen LogP contribution in [0.5, 0.6) is 17.2 Å². The van der Waals surface area contributed by atoms with Crippen molar-refractivity contribution in [2.45, 2.75) is 25.8 Å². The van der Waals surface area contributed by atoms with Crippen LogP contribution in [0, 0.1) is 5.82 Å². The molecule has 7 heteroatoms. The second-order valence-electron chi connectivity index (χ2n) is 5.32. The number of hydrogen-bond acceptors (Lipinski definition) is 5. The molecule has 0 aromatic heterocycles. The normalized spacial score (nSPS) is 10.5. The van der Waals surface area contributed by atoms with Gasteiger partial charge < -0.3 is 15.3 Å². The van der Waals surface area contributed by atoms with Crippen molar-refractivity contribution in [1.29, 1.82) is 0 Å². The summed E-state index contributed by atoms with van der Waals surface area (Å²) in [7, 11) is 0. The predicted molar refractivity (Wildman–Crippen MR) is 85.8 cm³/mol. The summed E-state index contributed by atoms with van der Waals surface area (Å²) in [6, 6.07) is 8.82. The van der Waals surface area contributed by atoms with Gasteiger partial charge in [0, 0.05) is 18.5 Å². The molecule has 2 aromatic carbocycles. The third kappa shape index (κ3) is 4.85. The van der Waals surface area contributed by atoms with E-state index in [2.05, 4.69) is 10.9 Å². The standard InChI is InChI=1S/C17H19FN2O4/c18-13-7-4-11(5-8-13)2-1-3-15(22)20-19-10-12-6-9-14(21)17(24)16(12)23/h4-9,19,21,23-24H,1-3,10H2,(H,20,22). The SMILES string of the molecule is O=C(CCCc1ccc(F)cc1)NNCc1ccc(O)c(O)c1O. The first-order chi connectivity index (χ1) is 11.5. The molecule has 0 radical (unpaired) electrons. The maximum atomic E-state index is 12.8. The van der Waals surface area contributed by atoms with Crippen LogP contribution in [-0.4, -0.2) is 21.2 Å². The number of carbonyl (C=O) groups is 1. The number of hydrogen-bond donors (Lipinski definition) is 5. The summed E-state index contributed by atoms with van der Waals surface area (Å²) in [6.45, 7) is 0.0867. The minimum Gasteiger partial charge on any atom is -0.504 e. The van der Waals surface area contributed by atoms with E-state index in [-0.39, 0.29) is 24.7 Å². The molecule has 0 aliphatic rings. The number of nitrogens with one attached hydrogen (secondary N) is 2. The molecule has 0 fully saturated rings. The fourth-order valence-corrected chi connectivity index (χ4v) is 2.16. The van der Waals surface area contributed by atoms with Gasteiger partial charge in [-0.1, -0.05) is 18.2 Å². The predicted octanol–water partition coefficient (Wildman–Crippen LogP) is 2.09. The van der Waals surface area contributed by atoms with Crippen LogP contribution >= 0.6 is 0 Å². The van der Waals surface area contributed by atoms with Gasteiger partial charge in [-0.25, -0.2) is 9.82 Å². The van der Waals surface area contributed by atoms with Crippen LogP contribution in [-0.2, 0) is 17.8 Å². The Morgan fingerprint density at radius 3 is 2.42 bits per heavy atom. The van der Waals surface area contributed by atoms with Crippen LogP contribution in [0.15, 0.2) is 36.4 Å². The summed E-state index contributed by atoms with van der Waals surface area (Å²) in [5, 5.41) is 28.3. The average Bonchev–Trinajstić information content (AvgIpc) is 2.57. The van der Waals surface area contributed by atoms with Crippen molar-refractivity contribution in [3.8, 4) is 17.2 Å². The molecular formula is C17H19FN2O4. The van der Waals surface area contributed by atoms with E-state index in [1.807, 2.05) is 0 Å². The molecule has 6 nitrogen and oxygen atoms in total. The molecule has 5 N–H and O–H groups in total. The number of phenolic OH excluding ortho intramolecular Hbond substituents is 3. The molecular weight excluding hydrogens is 315 g/mol. The van der Waals surface area contributed by atoms with Gasteiger partial charge in [-0.05, 0) is 36.6 Å². The Labute approximate surface area is 138 Å². The monoisotopic (exact) mass is 334 g/mol. The van der Waals surface area contributed by atoms with Crippen molar-refractivity contribution in [2.24, 2.45) is 0 Å². The Kier molecular flexibility index (Phi) is 5.97. The molecule has 0 aliphatic heterocycles. The Bertz CT molecular complexity index is 704. The van der Waals surface area contributed by atoms with E-state index >= 15 is 0 Å². The van der Waals surface area contributed by atoms with Crippen LogP contribution in [0.1, 0.15) is 24.0 Å². The number of aromatic hydroxyl groups is 3. The zero-order valence-electron chi connectivity index (χ0n) is 12.9. The van der Waals surface area contributed by atoms with E-state index in [4.69, 9.17) is 0 Å². The lowest BCUT2D eigenvalue weighted by molar-refractivity contribution is -0.122. The van der Waals surface area contributed by atoms with Crippen LogP contribution in [0.3, 0.4) is 0 Å². The Morgan fingerprint density at radius 1 is 1.00 bits per heavy atom. The lowest BCUT2D eigenvalue weighted by atomic mass is 10.1. The van der Waals surface area contributed by atoms with E-state index in [0.29, 0.717) is 18.4 Å². The van der Waals surface area contributed by atoms with Gasteiger partial charge in [0.1, 0.15) is 5.82 Å². The molecule has 24 heavy (non-hydrogen) atoms. The molecule has 0 unspecified atom stereocenters. The van der Waals surface area contributed by atoms with Crippen molar-refractivity contribution >= 4 is 5.91 Å². The van der Waals surface area contributed by atoms with E-state index in [0.717, 1.165) is 5.56 Å². The summed E-state index contributed by atoms with van der Waals surface area (Å²) in [6.07, 6.45) is 1.57. The summed E-state index contributed by atoms with van der Waals surface area (Å²) in [5.41, 5.74) is 6.42. The van der Waals surface area contributed by atoms with Crippen LogP contribution in [0.25, 0.3) is 0 Å². The summed E-state index contributed by atoms with van der Waals surface area (Å²) in [5.74, 6) is -1.96. The smallest absolute Gasteiger partial charge is 0.234 e. The van der Waals surface area contributed by atoms with Crippen molar-refractivity contribution in [2.75, 3.05) is 0 Å². The third-order valence-electron chi connectivity index (χ3n) is 3.50. The summed E-state index contributed by atoms with van der Waals surface area (Å²) in [4.78, 5) is 11.7. The van der Waals surface area contributed by atoms with Crippen LogP contribution in [0.4, 0.5) is 4.39 Å².